The van der Waals surface area contributed by atoms with Gasteiger partial charge in [0.05, 0.1) is 17.7 Å². The van der Waals surface area contributed by atoms with Gasteiger partial charge in [-0.05, 0) is 44.4 Å². The summed E-state index contributed by atoms with van der Waals surface area (Å²) in [5.74, 6) is 0.827. The molecule has 168 valence electrons. The molecule has 2 aromatic heterocycles. The summed E-state index contributed by atoms with van der Waals surface area (Å²) in [4.78, 5) is 31.6. The summed E-state index contributed by atoms with van der Waals surface area (Å²) in [5, 5.41) is 20.1. The fourth-order valence-electron chi connectivity index (χ4n) is 4.01. The molecule has 0 spiro atoms. The molecule has 4 rings (SSSR count). The van der Waals surface area contributed by atoms with E-state index in [0.29, 0.717) is 23.6 Å². The molecule has 1 saturated heterocycles. The van der Waals surface area contributed by atoms with Crippen LogP contribution in [-0.4, -0.2) is 51.7 Å². The van der Waals surface area contributed by atoms with E-state index >= 15 is 0 Å². The zero-order valence-electron chi connectivity index (χ0n) is 18.5. The predicted octanol–water partition coefficient (Wildman–Crippen LogP) is 2.17. The van der Waals surface area contributed by atoms with Crippen LogP contribution in [0.4, 0.5) is 11.6 Å². The molecular formula is C23H28N6O3. The SMILES string of the molecule is CNC(=O)[C@H]1CCCN(c2cc(NC(=O)c3ccc(C(C)(C)O)cc3)nc3ccnn23)C1. The van der Waals surface area contributed by atoms with Crippen molar-refractivity contribution < 1.29 is 14.7 Å². The van der Waals surface area contributed by atoms with E-state index in [9.17, 15) is 14.7 Å². The molecule has 0 saturated carbocycles. The highest BCUT2D eigenvalue weighted by molar-refractivity contribution is 6.04. The first kappa shape index (κ1) is 21.8. The topological polar surface area (TPSA) is 112 Å². The largest absolute Gasteiger partial charge is 0.386 e. The van der Waals surface area contributed by atoms with Gasteiger partial charge in [-0.1, -0.05) is 12.1 Å². The number of amides is 2. The third kappa shape index (κ3) is 4.43. The maximum Gasteiger partial charge on any atom is 0.256 e. The lowest BCUT2D eigenvalue weighted by Crippen LogP contribution is -2.43. The van der Waals surface area contributed by atoms with Gasteiger partial charge in [0.1, 0.15) is 11.6 Å². The average molecular weight is 437 g/mol. The van der Waals surface area contributed by atoms with E-state index in [1.54, 1.807) is 68.0 Å². The van der Waals surface area contributed by atoms with Crippen molar-refractivity contribution in [3.8, 4) is 0 Å². The Labute approximate surface area is 186 Å². The molecule has 3 N–H and O–H groups in total. The van der Waals surface area contributed by atoms with Crippen molar-refractivity contribution >= 4 is 29.1 Å². The number of fused-ring (bicyclic) bond motifs is 1. The van der Waals surface area contributed by atoms with E-state index in [1.165, 1.54) is 0 Å². The van der Waals surface area contributed by atoms with E-state index in [1.807, 2.05) is 0 Å². The Morgan fingerprint density at radius 3 is 2.62 bits per heavy atom. The molecule has 3 heterocycles. The van der Waals surface area contributed by atoms with Gasteiger partial charge in [0, 0.05) is 37.8 Å². The first-order chi connectivity index (χ1) is 15.3. The van der Waals surface area contributed by atoms with Crippen LogP contribution in [0.1, 0.15) is 42.6 Å². The van der Waals surface area contributed by atoms with Crippen LogP contribution in [0.15, 0.2) is 42.6 Å². The molecule has 0 bridgehead atoms. The first-order valence-electron chi connectivity index (χ1n) is 10.7. The molecule has 32 heavy (non-hydrogen) atoms. The minimum absolute atomic E-state index is 0.0310. The summed E-state index contributed by atoms with van der Waals surface area (Å²) in [5.41, 5.74) is 0.829. The zero-order valence-corrected chi connectivity index (χ0v) is 18.5. The number of anilines is 2. The molecule has 1 aliphatic rings. The summed E-state index contributed by atoms with van der Waals surface area (Å²) in [6, 6.07) is 10.4. The fourth-order valence-corrected chi connectivity index (χ4v) is 4.01. The maximum absolute atomic E-state index is 12.8. The quantitative estimate of drug-likeness (QED) is 0.565. The second-order valence-corrected chi connectivity index (χ2v) is 8.59. The monoisotopic (exact) mass is 436 g/mol. The second kappa shape index (κ2) is 8.58. The van der Waals surface area contributed by atoms with Crippen molar-refractivity contribution in [1.29, 1.82) is 0 Å². The number of aliphatic hydroxyl groups is 1. The van der Waals surface area contributed by atoms with Gasteiger partial charge < -0.3 is 20.6 Å². The lowest BCUT2D eigenvalue weighted by Gasteiger charge is -2.33. The summed E-state index contributed by atoms with van der Waals surface area (Å²) in [7, 11) is 1.65. The lowest BCUT2D eigenvalue weighted by molar-refractivity contribution is -0.124. The van der Waals surface area contributed by atoms with Gasteiger partial charge >= 0.3 is 0 Å². The molecule has 2 amide bonds. The van der Waals surface area contributed by atoms with Gasteiger partial charge in [-0.2, -0.15) is 9.61 Å². The molecule has 0 unspecified atom stereocenters. The predicted molar refractivity (Wildman–Crippen MR) is 122 cm³/mol. The molecule has 1 aliphatic heterocycles. The molecule has 1 fully saturated rings. The van der Waals surface area contributed by atoms with Gasteiger partial charge in [0.2, 0.25) is 5.91 Å². The average Bonchev–Trinajstić information content (AvgIpc) is 3.26. The van der Waals surface area contributed by atoms with Crippen LogP contribution in [0, 0.1) is 5.92 Å². The molecule has 0 radical (unpaired) electrons. The maximum atomic E-state index is 12.8. The van der Waals surface area contributed by atoms with Crippen molar-refractivity contribution in [3.63, 3.8) is 0 Å². The molecule has 9 nitrogen and oxygen atoms in total. The van der Waals surface area contributed by atoms with E-state index in [2.05, 4.69) is 25.6 Å². The third-order valence-corrected chi connectivity index (χ3v) is 5.80. The van der Waals surface area contributed by atoms with E-state index < -0.39 is 5.60 Å². The van der Waals surface area contributed by atoms with Crippen LogP contribution in [0.3, 0.4) is 0 Å². The van der Waals surface area contributed by atoms with Gasteiger partial charge in [-0.15, -0.1) is 0 Å². The van der Waals surface area contributed by atoms with E-state index in [0.717, 1.165) is 30.8 Å². The van der Waals surface area contributed by atoms with Crippen molar-refractivity contribution in [2.45, 2.75) is 32.3 Å². The van der Waals surface area contributed by atoms with Crippen molar-refractivity contribution in [2.24, 2.45) is 5.92 Å². The number of rotatable bonds is 5. The zero-order chi connectivity index (χ0) is 22.9. The Morgan fingerprint density at radius 2 is 1.94 bits per heavy atom. The number of aromatic nitrogens is 3. The van der Waals surface area contributed by atoms with Gasteiger partial charge in [-0.25, -0.2) is 4.98 Å². The number of nitrogens with one attached hydrogen (secondary N) is 2. The summed E-state index contributed by atoms with van der Waals surface area (Å²) >= 11 is 0. The normalized spacial score (nSPS) is 16.8. The van der Waals surface area contributed by atoms with Gasteiger partial charge in [-0.3, -0.25) is 9.59 Å². The van der Waals surface area contributed by atoms with E-state index in [-0.39, 0.29) is 17.7 Å². The number of carbonyl (C=O) groups is 2. The highest BCUT2D eigenvalue weighted by Gasteiger charge is 2.27. The third-order valence-electron chi connectivity index (χ3n) is 5.80. The number of benzene rings is 1. The molecule has 1 atom stereocenters. The molecular weight excluding hydrogens is 408 g/mol. The van der Waals surface area contributed by atoms with Crippen molar-refractivity contribution in [2.75, 3.05) is 30.4 Å². The Kier molecular flexibility index (Phi) is 5.84. The minimum Gasteiger partial charge on any atom is -0.386 e. The van der Waals surface area contributed by atoms with Crippen LogP contribution in [0.25, 0.3) is 5.65 Å². The van der Waals surface area contributed by atoms with Crippen LogP contribution in [0.5, 0.6) is 0 Å². The summed E-state index contributed by atoms with van der Waals surface area (Å²) in [6.45, 7) is 4.76. The number of hydrogen-bond acceptors (Lipinski definition) is 6. The summed E-state index contributed by atoms with van der Waals surface area (Å²) < 4.78 is 1.72. The van der Waals surface area contributed by atoms with E-state index in [4.69, 9.17) is 0 Å². The van der Waals surface area contributed by atoms with Gasteiger partial charge in [0.25, 0.3) is 5.91 Å². The fraction of sp³-hybridized carbons (Fsp3) is 0.391. The second-order valence-electron chi connectivity index (χ2n) is 8.59. The smallest absolute Gasteiger partial charge is 0.256 e. The first-order valence-corrected chi connectivity index (χ1v) is 10.7. The summed E-state index contributed by atoms with van der Waals surface area (Å²) in [6.07, 6.45) is 3.39. The molecule has 3 aromatic rings. The van der Waals surface area contributed by atoms with Crippen molar-refractivity contribution in [3.05, 3.63) is 53.7 Å². The molecule has 1 aromatic carbocycles. The lowest BCUT2D eigenvalue weighted by atomic mass is 9.97. The van der Waals surface area contributed by atoms with Crippen molar-refractivity contribution in [1.82, 2.24) is 19.9 Å². The molecule has 9 heteroatoms. The Hall–Kier alpha value is -3.46. The Balaban J connectivity index is 1.59. The van der Waals surface area contributed by atoms with Gasteiger partial charge in [0.15, 0.2) is 5.65 Å². The molecule has 0 aliphatic carbocycles. The van der Waals surface area contributed by atoms with Crippen LogP contribution in [-0.2, 0) is 10.4 Å². The van der Waals surface area contributed by atoms with Crippen LogP contribution in [0.2, 0.25) is 0 Å². The minimum atomic E-state index is -0.973. The highest BCUT2D eigenvalue weighted by Crippen LogP contribution is 2.26. The number of piperidine rings is 1. The van der Waals surface area contributed by atoms with Crippen LogP contribution < -0.4 is 15.5 Å². The number of nitrogens with zero attached hydrogens (tertiary/aromatic N) is 4. The Bertz CT molecular complexity index is 1130. The number of hydrogen-bond donors (Lipinski definition) is 3. The number of carbonyl (C=O) groups excluding carboxylic acids is 2. The standard InChI is InChI=1S/C23H28N6O3/c1-23(2,32)17-8-6-15(7-9-17)22(31)27-18-13-20(29-19(26-18)10-11-25-29)28-12-4-5-16(14-28)21(30)24-3/h6-11,13,16,32H,4-5,12,14H2,1-3H3,(H,24,30)(H,26,27,31)/t16-/m0/s1. The van der Waals surface area contributed by atoms with Crippen LogP contribution >= 0.6 is 0 Å². The Morgan fingerprint density at radius 1 is 1.19 bits per heavy atom. The highest BCUT2D eigenvalue weighted by atomic mass is 16.3.